The first-order chi connectivity index (χ1) is 5.65. The predicted molar refractivity (Wildman–Crippen MR) is 53.1 cm³/mol. The summed E-state index contributed by atoms with van der Waals surface area (Å²) in [5.74, 6) is 0. The number of nitrogens with one attached hydrogen (secondary N) is 1. The molecule has 0 heterocycles. The summed E-state index contributed by atoms with van der Waals surface area (Å²) in [6, 6.07) is 6.76. The largest absolute Gasteiger partial charge is 3.00 e. The normalized spacial score (nSPS) is 11.9. The van der Waals surface area contributed by atoms with Crippen molar-refractivity contribution < 1.29 is 32.7 Å². The first kappa shape index (κ1) is 13.2. The SMILES string of the molecule is [CH2-]c1cc(C)ccc1C(C)NC.[Y+3]. The number of rotatable bonds is 2. The van der Waals surface area contributed by atoms with Gasteiger partial charge in [0.15, 0.2) is 0 Å². The second-order valence-electron chi connectivity index (χ2n) is 3.21. The molecule has 0 fully saturated rings. The third-order valence-corrected chi connectivity index (χ3v) is 2.20. The van der Waals surface area contributed by atoms with Crippen molar-refractivity contribution >= 4 is 0 Å². The minimum Gasteiger partial charge on any atom is -0.324 e. The molecular formula is C11H16NY+2. The van der Waals surface area contributed by atoms with Gasteiger partial charge >= 0.3 is 32.7 Å². The molecule has 1 unspecified atom stereocenters. The number of aryl methyl sites for hydroxylation is 1. The number of hydrogen-bond donors (Lipinski definition) is 1. The summed E-state index contributed by atoms with van der Waals surface area (Å²) >= 11 is 0. The van der Waals surface area contributed by atoms with E-state index < -0.39 is 0 Å². The molecule has 0 saturated carbocycles. The van der Waals surface area contributed by atoms with Crippen LogP contribution >= 0.6 is 0 Å². The van der Waals surface area contributed by atoms with Gasteiger partial charge in [-0.05, 0) is 13.1 Å². The van der Waals surface area contributed by atoms with Crippen molar-refractivity contribution in [2.45, 2.75) is 19.9 Å². The molecule has 0 aliphatic carbocycles. The molecule has 0 radical (unpaired) electrons. The molecule has 1 aromatic carbocycles. The monoisotopic (exact) mass is 251 g/mol. The molecule has 66 valence electrons. The van der Waals surface area contributed by atoms with Crippen LogP contribution in [-0.4, -0.2) is 7.05 Å². The summed E-state index contributed by atoms with van der Waals surface area (Å²) in [5, 5.41) is 3.20. The van der Waals surface area contributed by atoms with E-state index in [4.69, 9.17) is 0 Å². The van der Waals surface area contributed by atoms with Crippen LogP contribution in [-0.2, 0) is 32.7 Å². The second-order valence-corrected chi connectivity index (χ2v) is 3.21. The van der Waals surface area contributed by atoms with Crippen LogP contribution < -0.4 is 5.32 Å². The van der Waals surface area contributed by atoms with Gasteiger partial charge in [0.25, 0.3) is 0 Å². The molecule has 1 N–H and O–H groups in total. The third-order valence-electron chi connectivity index (χ3n) is 2.20. The average molecular weight is 251 g/mol. The Morgan fingerprint density at radius 1 is 1.38 bits per heavy atom. The van der Waals surface area contributed by atoms with Crippen LogP contribution in [0.1, 0.15) is 29.7 Å². The Bertz CT molecular complexity index is 271. The summed E-state index contributed by atoms with van der Waals surface area (Å²) < 4.78 is 0. The van der Waals surface area contributed by atoms with Gasteiger partial charge in [-0.2, -0.15) is 18.6 Å². The Labute approximate surface area is 106 Å². The van der Waals surface area contributed by atoms with Crippen LogP contribution in [0.3, 0.4) is 0 Å². The quantitative estimate of drug-likeness (QED) is 0.796. The molecule has 1 aromatic rings. The fraction of sp³-hybridized carbons (Fsp3) is 0.364. The Morgan fingerprint density at radius 3 is 2.46 bits per heavy atom. The zero-order valence-electron chi connectivity index (χ0n) is 8.59. The molecule has 0 amide bonds. The number of benzene rings is 1. The minimum absolute atomic E-state index is 0. The van der Waals surface area contributed by atoms with Crippen molar-refractivity contribution in [3.8, 4) is 0 Å². The maximum Gasteiger partial charge on any atom is 3.00 e. The Hall–Kier alpha value is 0.154. The number of hydrogen-bond acceptors (Lipinski definition) is 1. The summed E-state index contributed by atoms with van der Waals surface area (Å²) in [6.07, 6.45) is 0. The van der Waals surface area contributed by atoms with Crippen molar-refractivity contribution in [3.63, 3.8) is 0 Å². The first-order valence-electron chi connectivity index (χ1n) is 4.25. The van der Waals surface area contributed by atoms with Crippen LogP contribution in [0.15, 0.2) is 18.2 Å². The van der Waals surface area contributed by atoms with Gasteiger partial charge in [0, 0.05) is 0 Å². The molecule has 0 aromatic heterocycles. The average Bonchev–Trinajstić information content (AvgIpc) is 2.03. The molecule has 0 aliphatic rings. The fourth-order valence-corrected chi connectivity index (χ4v) is 1.31. The topological polar surface area (TPSA) is 12.0 Å². The standard InChI is InChI=1S/C11H16N.Y/c1-8-5-6-11(9(2)7-8)10(3)12-4;/h5-7,10,12H,2H2,1,3-4H3;/q-1;+3. The van der Waals surface area contributed by atoms with Crippen molar-refractivity contribution in [2.75, 3.05) is 7.05 Å². The summed E-state index contributed by atoms with van der Waals surface area (Å²) in [4.78, 5) is 0. The summed E-state index contributed by atoms with van der Waals surface area (Å²) in [6.45, 7) is 8.23. The van der Waals surface area contributed by atoms with Crippen molar-refractivity contribution in [2.24, 2.45) is 0 Å². The summed E-state index contributed by atoms with van der Waals surface area (Å²) in [5.41, 5.74) is 3.67. The molecular weight excluding hydrogens is 235 g/mol. The van der Waals surface area contributed by atoms with Gasteiger partial charge in [0.1, 0.15) is 0 Å². The zero-order chi connectivity index (χ0) is 9.14. The Morgan fingerprint density at radius 2 is 2.00 bits per heavy atom. The third kappa shape index (κ3) is 3.42. The van der Waals surface area contributed by atoms with Gasteiger partial charge in [-0.25, -0.2) is 0 Å². The minimum atomic E-state index is 0. The molecule has 13 heavy (non-hydrogen) atoms. The maximum atomic E-state index is 4.01. The first-order valence-corrected chi connectivity index (χ1v) is 4.25. The zero-order valence-corrected chi connectivity index (χ0v) is 11.4. The van der Waals surface area contributed by atoms with Crippen LogP contribution in [0.5, 0.6) is 0 Å². The second kappa shape index (κ2) is 5.79. The molecule has 0 bridgehead atoms. The van der Waals surface area contributed by atoms with Gasteiger partial charge in [-0.15, -0.1) is 17.2 Å². The molecule has 0 saturated heterocycles. The van der Waals surface area contributed by atoms with Crippen molar-refractivity contribution in [1.29, 1.82) is 0 Å². The molecule has 2 heteroatoms. The van der Waals surface area contributed by atoms with Crippen LogP contribution in [0, 0.1) is 13.8 Å². The van der Waals surface area contributed by atoms with Crippen LogP contribution in [0.4, 0.5) is 0 Å². The van der Waals surface area contributed by atoms with E-state index in [9.17, 15) is 0 Å². The van der Waals surface area contributed by atoms with E-state index in [-0.39, 0.29) is 32.7 Å². The van der Waals surface area contributed by atoms with Gasteiger partial charge in [-0.3, -0.25) is 0 Å². The maximum absolute atomic E-state index is 4.01. The van der Waals surface area contributed by atoms with E-state index in [0.29, 0.717) is 6.04 Å². The van der Waals surface area contributed by atoms with Crippen LogP contribution in [0.25, 0.3) is 0 Å². The Kier molecular flexibility index (Phi) is 5.86. The van der Waals surface area contributed by atoms with Gasteiger partial charge < -0.3 is 5.32 Å². The van der Waals surface area contributed by atoms with E-state index >= 15 is 0 Å². The van der Waals surface area contributed by atoms with Crippen molar-refractivity contribution in [3.05, 3.63) is 41.8 Å². The molecule has 1 atom stereocenters. The van der Waals surface area contributed by atoms with Gasteiger partial charge in [0.05, 0.1) is 0 Å². The van der Waals surface area contributed by atoms with Gasteiger partial charge in [-0.1, -0.05) is 19.9 Å². The smallest absolute Gasteiger partial charge is 0.324 e. The van der Waals surface area contributed by atoms with Crippen LogP contribution in [0.2, 0.25) is 0 Å². The molecule has 0 aliphatic heterocycles. The fourth-order valence-electron chi connectivity index (χ4n) is 1.31. The van der Waals surface area contributed by atoms with E-state index in [0.717, 1.165) is 5.56 Å². The predicted octanol–water partition coefficient (Wildman–Crippen LogP) is 2.46. The van der Waals surface area contributed by atoms with E-state index in [1.165, 1.54) is 11.1 Å². The Balaban J connectivity index is 0.00000144. The van der Waals surface area contributed by atoms with Crippen molar-refractivity contribution in [1.82, 2.24) is 5.32 Å². The van der Waals surface area contributed by atoms with E-state index in [2.05, 4.69) is 44.3 Å². The van der Waals surface area contributed by atoms with E-state index in [1.54, 1.807) is 0 Å². The van der Waals surface area contributed by atoms with E-state index in [1.807, 2.05) is 7.05 Å². The molecule has 1 rings (SSSR count). The van der Waals surface area contributed by atoms with Gasteiger partial charge in [0.2, 0.25) is 0 Å². The molecule has 0 spiro atoms. The summed E-state index contributed by atoms with van der Waals surface area (Å²) in [7, 11) is 1.96. The molecule has 1 nitrogen and oxygen atoms in total.